The summed E-state index contributed by atoms with van der Waals surface area (Å²) in [6.07, 6.45) is 6.72. The molecule has 34 heavy (non-hydrogen) atoms. The van der Waals surface area contributed by atoms with Crippen LogP contribution in [0.15, 0.2) is 86.2 Å². The number of sulfonamides is 1. The number of benzene rings is 2. The minimum atomic E-state index is -3.81. The van der Waals surface area contributed by atoms with E-state index in [4.69, 9.17) is 4.99 Å². The van der Waals surface area contributed by atoms with Crippen molar-refractivity contribution >= 4 is 43.5 Å². The second-order valence-electron chi connectivity index (χ2n) is 8.46. The first-order valence-electron chi connectivity index (χ1n) is 11.0. The van der Waals surface area contributed by atoms with Crippen LogP contribution in [-0.4, -0.2) is 47.8 Å². The van der Waals surface area contributed by atoms with E-state index in [1.54, 1.807) is 24.3 Å². The monoisotopic (exact) mass is 538 g/mol. The predicted octanol–water partition coefficient (Wildman–Crippen LogP) is 4.14. The van der Waals surface area contributed by atoms with Gasteiger partial charge in [0.15, 0.2) is 5.84 Å². The van der Waals surface area contributed by atoms with Crippen LogP contribution in [0.3, 0.4) is 0 Å². The summed E-state index contributed by atoms with van der Waals surface area (Å²) in [6, 6.07) is 13.5. The Bertz CT molecular complexity index is 1380. The molecule has 174 valence electrons. The Morgan fingerprint density at radius 2 is 1.88 bits per heavy atom. The zero-order valence-electron chi connectivity index (χ0n) is 18.6. The number of aryl methyl sites for hydroxylation is 1. The molecule has 0 aliphatic carbocycles. The minimum Gasteiger partial charge on any atom is -0.327 e. The van der Waals surface area contributed by atoms with Crippen LogP contribution in [0.25, 0.3) is 0 Å². The number of aliphatic imine (C=N–C) groups is 2. The number of carbonyl (C=O) groups is 1. The SMILES string of the molecule is Cc1ccc(S(=O)(=O)N2CCCC2C(=O)N=C2N=C3C=CC(Br)=CN3Cc3ccccc32)cc1. The Balaban J connectivity index is 1.51. The van der Waals surface area contributed by atoms with Gasteiger partial charge in [-0.25, -0.2) is 13.4 Å². The van der Waals surface area contributed by atoms with Gasteiger partial charge in [-0.2, -0.15) is 9.30 Å². The smallest absolute Gasteiger partial charge is 0.266 e. The summed E-state index contributed by atoms with van der Waals surface area (Å²) in [4.78, 5) is 24.6. The molecule has 5 rings (SSSR count). The maximum atomic E-state index is 13.4. The van der Waals surface area contributed by atoms with Gasteiger partial charge in [-0.3, -0.25) is 4.79 Å². The van der Waals surface area contributed by atoms with Crippen LogP contribution in [0.2, 0.25) is 0 Å². The van der Waals surface area contributed by atoms with Crippen molar-refractivity contribution in [2.75, 3.05) is 6.54 Å². The Hall–Kier alpha value is -2.88. The van der Waals surface area contributed by atoms with Gasteiger partial charge in [0.1, 0.15) is 11.9 Å². The Labute approximate surface area is 207 Å². The van der Waals surface area contributed by atoms with E-state index in [0.29, 0.717) is 31.1 Å². The maximum absolute atomic E-state index is 13.4. The highest BCUT2D eigenvalue weighted by Crippen LogP contribution is 2.28. The van der Waals surface area contributed by atoms with E-state index >= 15 is 0 Å². The number of amidine groups is 2. The number of rotatable bonds is 3. The summed E-state index contributed by atoms with van der Waals surface area (Å²) in [5.41, 5.74) is 2.72. The fourth-order valence-corrected chi connectivity index (χ4v) is 6.38. The van der Waals surface area contributed by atoms with Gasteiger partial charge in [-0.05, 0) is 65.5 Å². The first-order valence-corrected chi connectivity index (χ1v) is 13.3. The van der Waals surface area contributed by atoms with E-state index in [1.165, 1.54) is 4.31 Å². The number of hydrogen-bond donors (Lipinski definition) is 0. The number of amides is 1. The van der Waals surface area contributed by atoms with Crippen molar-refractivity contribution < 1.29 is 13.2 Å². The molecule has 9 heteroatoms. The summed E-state index contributed by atoms with van der Waals surface area (Å²) < 4.78 is 28.8. The Morgan fingerprint density at radius 3 is 2.68 bits per heavy atom. The molecule has 1 atom stereocenters. The summed E-state index contributed by atoms with van der Waals surface area (Å²) >= 11 is 3.49. The molecule has 3 aliphatic heterocycles. The largest absolute Gasteiger partial charge is 0.327 e. The van der Waals surface area contributed by atoms with Gasteiger partial charge in [0.25, 0.3) is 5.91 Å². The molecule has 1 saturated heterocycles. The molecule has 0 bridgehead atoms. The van der Waals surface area contributed by atoms with Gasteiger partial charge < -0.3 is 4.90 Å². The Kier molecular flexibility index (Phi) is 6.09. The fourth-order valence-electron chi connectivity index (χ4n) is 4.35. The number of carbonyl (C=O) groups excluding carboxylic acids is 1. The molecule has 3 heterocycles. The molecule has 1 amide bonds. The van der Waals surface area contributed by atoms with Crippen LogP contribution in [0.4, 0.5) is 0 Å². The van der Waals surface area contributed by atoms with E-state index in [0.717, 1.165) is 21.2 Å². The van der Waals surface area contributed by atoms with Crippen molar-refractivity contribution in [2.45, 2.75) is 37.2 Å². The van der Waals surface area contributed by atoms with E-state index < -0.39 is 22.0 Å². The number of hydrogen-bond acceptors (Lipinski definition) is 4. The van der Waals surface area contributed by atoms with Gasteiger partial charge in [-0.15, -0.1) is 0 Å². The molecule has 1 unspecified atom stereocenters. The van der Waals surface area contributed by atoms with Crippen LogP contribution < -0.4 is 0 Å². The minimum absolute atomic E-state index is 0.186. The maximum Gasteiger partial charge on any atom is 0.266 e. The van der Waals surface area contributed by atoms with Gasteiger partial charge in [0.05, 0.1) is 4.90 Å². The molecular formula is C25H23BrN4O3S. The third-order valence-electron chi connectivity index (χ3n) is 6.12. The third-order valence-corrected chi connectivity index (χ3v) is 8.51. The van der Waals surface area contributed by atoms with E-state index in [9.17, 15) is 13.2 Å². The molecule has 0 N–H and O–H groups in total. The van der Waals surface area contributed by atoms with E-state index in [-0.39, 0.29) is 11.4 Å². The van der Waals surface area contributed by atoms with E-state index in [1.807, 2.05) is 54.4 Å². The summed E-state index contributed by atoms with van der Waals surface area (Å²) in [6.45, 7) is 2.77. The van der Waals surface area contributed by atoms with Crippen LogP contribution in [-0.2, 0) is 21.4 Å². The normalized spacial score (nSPS) is 21.5. The van der Waals surface area contributed by atoms with Crippen LogP contribution in [0, 0.1) is 6.92 Å². The highest BCUT2D eigenvalue weighted by atomic mass is 79.9. The molecule has 1 fully saturated rings. The summed E-state index contributed by atoms with van der Waals surface area (Å²) in [7, 11) is -3.81. The molecule has 7 nitrogen and oxygen atoms in total. The van der Waals surface area contributed by atoms with Crippen LogP contribution >= 0.6 is 15.9 Å². The molecule has 3 aliphatic rings. The van der Waals surface area contributed by atoms with Crippen molar-refractivity contribution in [2.24, 2.45) is 9.98 Å². The van der Waals surface area contributed by atoms with Crippen molar-refractivity contribution in [3.05, 3.63) is 88.1 Å². The second-order valence-corrected chi connectivity index (χ2v) is 11.3. The molecule has 0 spiro atoms. The first-order chi connectivity index (χ1) is 16.3. The lowest BCUT2D eigenvalue weighted by Gasteiger charge is -2.22. The molecule has 2 aromatic rings. The second kappa shape index (κ2) is 9.05. The van der Waals surface area contributed by atoms with E-state index in [2.05, 4.69) is 20.9 Å². The van der Waals surface area contributed by atoms with Crippen molar-refractivity contribution in [1.29, 1.82) is 0 Å². The first kappa shape index (κ1) is 22.9. The molecule has 0 radical (unpaired) electrons. The van der Waals surface area contributed by atoms with Crippen LogP contribution in [0.1, 0.15) is 29.5 Å². The van der Waals surface area contributed by atoms with Crippen molar-refractivity contribution in [3.8, 4) is 0 Å². The van der Waals surface area contributed by atoms with Crippen LogP contribution in [0.5, 0.6) is 0 Å². The highest BCUT2D eigenvalue weighted by Gasteiger charge is 2.39. The molecule has 0 saturated carbocycles. The average molecular weight is 539 g/mol. The lowest BCUT2D eigenvalue weighted by Crippen LogP contribution is -2.40. The zero-order chi connectivity index (χ0) is 23.9. The van der Waals surface area contributed by atoms with Crippen molar-refractivity contribution in [1.82, 2.24) is 9.21 Å². The predicted molar refractivity (Wildman–Crippen MR) is 135 cm³/mol. The quantitative estimate of drug-likeness (QED) is 0.587. The van der Waals surface area contributed by atoms with Gasteiger partial charge in [0, 0.05) is 29.3 Å². The van der Waals surface area contributed by atoms with Crippen molar-refractivity contribution in [3.63, 3.8) is 0 Å². The summed E-state index contributed by atoms with van der Waals surface area (Å²) in [5.74, 6) is 0.475. The molecule has 2 aromatic carbocycles. The fraction of sp³-hybridized carbons (Fsp3) is 0.240. The average Bonchev–Trinajstić information content (AvgIpc) is 3.27. The molecular weight excluding hydrogens is 516 g/mol. The highest BCUT2D eigenvalue weighted by molar-refractivity contribution is 9.11. The van der Waals surface area contributed by atoms with Gasteiger partial charge >= 0.3 is 0 Å². The topological polar surface area (TPSA) is 82.4 Å². The zero-order valence-corrected chi connectivity index (χ0v) is 21.0. The number of fused-ring (bicyclic) bond motifs is 2. The Morgan fingerprint density at radius 1 is 1.12 bits per heavy atom. The lowest BCUT2D eigenvalue weighted by molar-refractivity contribution is -0.120. The number of allylic oxidation sites excluding steroid dienone is 2. The summed E-state index contributed by atoms with van der Waals surface area (Å²) in [5, 5.41) is 0. The number of halogens is 1. The van der Waals surface area contributed by atoms with Gasteiger partial charge in [-0.1, -0.05) is 42.0 Å². The lowest BCUT2D eigenvalue weighted by atomic mass is 10.1. The molecule has 0 aromatic heterocycles. The van der Waals surface area contributed by atoms with Gasteiger partial charge in [0.2, 0.25) is 10.0 Å². The third kappa shape index (κ3) is 4.31. The standard InChI is InChI=1S/C25H23BrN4O3S/c1-17-8-11-20(12-9-17)34(32,33)30-14-4-7-22(30)25(31)28-24-21-6-3-2-5-18(21)15-29-16-19(26)10-13-23(29)27-24/h2-3,5-6,8-13,16,22H,4,7,14-15H2,1H3. The number of nitrogens with zero attached hydrogens (tertiary/aromatic N) is 4.